The van der Waals surface area contributed by atoms with Crippen LogP contribution in [0.1, 0.15) is 51.4 Å². The first-order valence-electron chi connectivity index (χ1n) is 10.4. The van der Waals surface area contributed by atoms with E-state index in [-0.39, 0.29) is 11.8 Å². The standard InChI is InChI=1S/C21H31N3O3/c25-20(24-13-3-1-2-4-14-24)23-18-7-5-17(6-8-18)22-19-9-11-21(12-10-19)26-15-16-27-21/h5-8,19,22H,1-4,9-16H2,(H,23,25). The maximum absolute atomic E-state index is 12.4. The summed E-state index contributed by atoms with van der Waals surface area (Å²) in [5.41, 5.74) is 1.95. The summed E-state index contributed by atoms with van der Waals surface area (Å²) < 4.78 is 11.6. The number of benzene rings is 1. The summed E-state index contributed by atoms with van der Waals surface area (Å²) in [7, 11) is 0. The Morgan fingerprint density at radius 2 is 1.52 bits per heavy atom. The Labute approximate surface area is 161 Å². The van der Waals surface area contributed by atoms with Crippen LogP contribution in [0.15, 0.2) is 24.3 Å². The van der Waals surface area contributed by atoms with E-state index < -0.39 is 0 Å². The van der Waals surface area contributed by atoms with Gasteiger partial charge >= 0.3 is 6.03 Å². The van der Waals surface area contributed by atoms with Gasteiger partial charge in [0.15, 0.2) is 5.79 Å². The molecule has 2 heterocycles. The van der Waals surface area contributed by atoms with Crippen LogP contribution in [0.25, 0.3) is 0 Å². The fraction of sp³-hybridized carbons (Fsp3) is 0.667. The minimum absolute atomic E-state index is 0.0201. The van der Waals surface area contributed by atoms with Gasteiger partial charge in [0, 0.05) is 43.3 Å². The second kappa shape index (κ2) is 8.48. The van der Waals surface area contributed by atoms with Gasteiger partial charge in [-0.1, -0.05) is 12.8 Å². The van der Waals surface area contributed by atoms with Crippen molar-refractivity contribution in [2.45, 2.75) is 63.2 Å². The number of hydrogen-bond acceptors (Lipinski definition) is 4. The molecule has 1 aromatic rings. The number of amides is 2. The van der Waals surface area contributed by atoms with Crippen molar-refractivity contribution in [2.75, 3.05) is 36.9 Å². The molecule has 3 aliphatic rings. The maximum atomic E-state index is 12.4. The van der Waals surface area contributed by atoms with Gasteiger partial charge in [0.25, 0.3) is 0 Å². The van der Waals surface area contributed by atoms with Crippen molar-refractivity contribution in [2.24, 2.45) is 0 Å². The Kier molecular flexibility index (Phi) is 5.83. The molecule has 0 bridgehead atoms. The SMILES string of the molecule is O=C(Nc1ccc(NC2CCC3(CC2)OCCO3)cc1)N1CCCCCC1. The number of carbonyl (C=O) groups excluding carboxylic acids is 1. The smallest absolute Gasteiger partial charge is 0.321 e. The van der Waals surface area contributed by atoms with Crippen LogP contribution in [0, 0.1) is 0 Å². The van der Waals surface area contributed by atoms with E-state index in [1.807, 2.05) is 29.2 Å². The Morgan fingerprint density at radius 1 is 0.926 bits per heavy atom. The monoisotopic (exact) mass is 373 g/mol. The molecule has 2 N–H and O–H groups in total. The topological polar surface area (TPSA) is 62.8 Å². The van der Waals surface area contributed by atoms with E-state index in [1.165, 1.54) is 12.8 Å². The number of rotatable bonds is 3. The zero-order valence-corrected chi connectivity index (χ0v) is 16.0. The van der Waals surface area contributed by atoms with Gasteiger partial charge in [-0.25, -0.2) is 4.79 Å². The van der Waals surface area contributed by atoms with Gasteiger partial charge in [-0.05, 0) is 49.9 Å². The Balaban J connectivity index is 1.26. The molecule has 2 amide bonds. The van der Waals surface area contributed by atoms with Crippen molar-refractivity contribution < 1.29 is 14.3 Å². The summed E-state index contributed by atoms with van der Waals surface area (Å²) in [5.74, 6) is -0.306. The maximum Gasteiger partial charge on any atom is 0.321 e. The molecule has 0 unspecified atom stereocenters. The number of anilines is 2. The summed E-state index contributed by atoms with van der Waals surface area (Å²) in [6.45, 7) is 3.18. The lowest BCUT2D eigenvalue weighted by molar-refractivity contribution is -0.177. The van der Waals surface area contributed by atoms with E-state index in [9.17, 15) is 4.79 Å². The molecule has 0 radical (unpaired) electrons. The van der Waals surface area contributed by atoms with E-state index in [4.69, 9.17) is 9.47 Å². The molecule has 27 heavy (non-hydrogen) atoms. The molecule has 1 aromatic carbocycles. The molecular formula is C21H31N3O3. The number of nitrogens with one attached hydrogen (secondary N) is 2. The predicted octanol–water partition coefficient (Wildman–Crippen LogP) is 4.19. The molecule has 2 aliphatic heterocycles. The van der Waals surface area contributed by atoms with Crippen molar-refractivity contribution >= 4 is 17.4 Å². The van der Waals surface area contributed by atoms with Gasteiger partial charge in [-0.3, -0.25) is 0 Å². The fourth-order valence-electron chi connectivity index (χ4n) is 4.35. The molecule has 3 fully saturated rings. The van der Waals surface area contributed by atoms with E-state index in [1.54, 1.807) is 0 Å². The molecule has 148 valence electrons. The Bertz CT molecular complexity index is 610. The molecular weight excluding hydrogens is 342 g/mol. The van der Waals surface area contributed by atoms with Crippen molar-refractivity contribution in [1.82, 2.24) is 4.90 Å². The summed E-state index contributed by atoms with van der Waals surface area (Å²) in [6, 6.07) is 8.51. The van der Waals surface area contributed by atoms with Crippen molar-refractivity contribution in [3.05, 3.63) is 24.3 Å². The first-order chi connectivity index (χ1) is 13.2. The Morgan fingerprint density at radius 3 is 2.15 bits per heavy atom. The number of urea groups is 1. The quantitative estimate of drug-likeness (QED) is 0.834. The second-order valence-electron chi connectivity index (χ2n) is 7.93. The van der Waals surface area contributed by atoms with E-state index in [0.29, 0.717) is 6.04 Å². The molecule has 0 aromatic heterocycles. The van der Waals surface area contributed by atoms with Crippen LogP contribution in [-0.2, 0) is 9.47 Å². The zero-order valence-electron chi connectivity index (χ0n) is 16.0. The third kappa shape index (κ3) is 4.74. The summed E-state index contributed by atoms with van der Waals surface area (Å²) in [6.07, 6.45) is 8.67. The minimum atomic E-state index is -0.306. The normalized spacial score (nSPS) is 23.2. The first-order valence-corrected chi connectivity index (χ1v) is 10.4. The molecule has 1 aliphatic carbocycles. The zero-order chi connectivity index (χ0) is 18.5. The second-order valence-corrected chi connectivity index (χ2v) is 7.93. The molecule has 1 spiro atoms. The summed E-state index contributed by atoms with van der Waals surface area (Å²) in [4.78, 5) is 14.4. The molecule has 6 nitrogen and oxygen atoms in total. The molecule has 6 heteroatoms. The molecule has 2 saturated heterocycles. The summed E-state index contributed by atoms with van der Waals surface area (Å²) in [5, 5.41) is 6.63. The van der Waals surface area contributed by atoms with Crippen LogP contribution < -0.4 is 10.6 Å². The predicted molar refractivity (Wildman–Crippen MR) is 106 cm³/mol. The van der Waals surface area contributed by atoms with Gasteiger partial charge in [-0.2, -0.15) is 0 Å². The van der Waals surface area contributed by atoms with E-state index in [0.717, 1.165) is 76.2 Å². The van der Waals surface area contributed by atoms with Gasteiger partial charge in [0.2, 0.25) is 0 Å². The number of nitrogens with zero attached hydrogens (tertiary/aromatic N) is 1. The van der Waals surface area contributed by atoms with Crippen LogP contribution in [-0.4, -0.2) is 49.1 Å². The minimum Gasteiger partial charge on any atom is -0.382 e. The highest BCUT2D eigenvalue weighted by molar-refractivity contribution is 5.89. The first kappa shape index (κ1) is 18.6. The van der Waals surface area contributed by atoms with Crippen LogP contribution >= 0.6 is 0 Å². The fourth-order valence-corrected chi connectivity index (χ4v) is 4.35. The lowest BCUT2D eigenvalue weighted by Gasteiger charge is -2.36. The highest BCUT2D eigenvalue weighted by Crippen LogP contribution is 2.36. The van der Waals surface area contributed by atoms with Crippen LogP contribution in [0.4, 0.5) is 16.2 Å². The third-order valence-electron chi connectivity index (χ3n) is 5.96. The van der Waals surface area contributed by atoms with Crippen molar-refractivity contribution in [3.63, 3.8) is 0 Å². The molecule has 0 atom stereocenters. The Hall–Kier alpha value is -1.79. The highest BCUT2D eigenvalue weighted by atomic mass is 16.7. The average Bonchev–Trinajstić information content (AvgIpc) is 2.97. The van der Waals surface area contributed by atoms with E-state index in [2.05, 4.69) is 10.6 Å². The lowest BCUT2D eigenvalue weighted by Crippen LogP contribution is -2.39. The molecule has 1 saturated carbocycles. The van der Waals surface area contributed by atoms with Crippen LogP contribution in [0.2, 0.25) is 0 Å². The van der Waals surface area contributed by atoms with Gasteiger partial charge in [-0.15, -0.1) is 0 Å². The van der Waals surface area contributed by atoms with Gasteiger partial charge in [0.05, 0.1) is 13.2 Å². The molecule has 4 rings (SSSR count). The number of carbonyl (C=O) groups is 1. The van der Waals surface area contributed by atoms with E-state index >= 15 is 0 Å². The van der Waals surface area contributed by atoms with Crippen molar-refractivity contribution in [3.8, 4) is 0 Å². The number of ether oxygens (including phenoxy) is 2. The van der Waals surface area contributed by atoms with Crippen LogP contribution in [0.3, 0.4) is 0 Å². The largest absolute Gasteiger partial charge is 0.382 e. The average molecular weight is 373 g/mol. The van der Waals surface area contributed by atoms with Gasteiger partial charge in [0.1, 0.15) is 0 Å². The summed E-state index contributed by atoms with van der Waals surface area (Å²) >= 11 is 0. The highest BCUT2D eigenvalue weighted by Gasteiger charge is 2.40. The number of hydrogen-bond donors (Lipinski definition) is 2. The number of likely N-dealkylation sites (tertiary alicyclic amines) is 1. The van der Waals surface area contributed by atoms with Crippen molar-refractivity contribution in [1.29, 1.82) is 0 Å². The third-order valence-corrected chi connectivity index (χ3v) is 5.96. The lowest BCUT2D eigenvalue weighted by atomic mass is 9.90. The van der Waals surface area contributed by atoms with Crippen LogP contribution in [0.5, 0.6) is 0 Å². The van der Waals surface area contributed by atoms with Gasteiger partial charge < -0.3 is 25.0 Å².